The molecule has 0 radical (unpaired) electrons. The van der Waals surface area contributed by atoms with Gasteiger partial charge in [0.1, 0.15) is 5.83 Å². The lowest BCUT2D eigenvalue weighted by Gasteiger charge is -2.07. The van der Waals surface area contributed by atoms with Gasteiger partial charge in [-0.15, -0.1) is 0 Å². The van der Waals surface area contributed by atoms with Gasteiger partial charge in [-0.25, -0.2) is 4.39 Å². The average Bonchev–Trinajstić information content (AvgIpc) is 2.14. The van der Waals surface area contributed by atoms with Crippen LogP contribution in [0.2, 0.25) is 0 Å². The van der Waals surface area contributed by atoms with Gasteiger partial charge in [-0.3, -0.25) is 0 Å². The molecular weight excluding hydrogens is 220 g/mol. The third-order valence-electron chi connectivity index (χ3n) is 1.84. The Bertz CT molecular complexity index is 301. The van der Waals surface area contributed by atoms with Crippen LogP contribution in [0.4, 0.5) is 17.6 Å². The molecule has 0 aliphatic rings. The Morgan fingerprint density at radius 1 is 1.19 bits per heavy atom. The topological polar surface area (TPSA) is 0 Å². The standard InChI is InChI=1S/C12H16F4/c1-4-5-6-7-10(12(14,15)16)8-11(13)9(2)3/h6-8H,4-5H2,1-3H3/b7-6+,10-8+. The minimum absolute atomic E-state index is 0.227. The van der Waals surface area contributed by atoms with E-state index in [2.05, 4.69) is 0 Å². The molecule has 0 aliphatic carbocycles. The first kappa shape index (κ1) is 14.9. The summed E-state index contributed by atoms with van der Waals surface area (Å²) < 4.78 is 50.5. The van der Waals surface area contributed by atoms with Crippen LogP contribution in [0.1, 0.15) is 33.6 Å². The molecule has 0 rings (SSSR count). The summed E-state index contributed by atoms with van der Waals surface area (Å²) in [6.45, 7) is 4.71. The van der Waals surface area contributed by atoms with E-state index in [1.807, 2.05) is 6.92 Å². The van der Waals surface area contributed by atoms with Crippen LogP contribution in [-0.4, -0.2) is 6.18 Å². The highest BCUT2D eigenvalue weighted by molar-refractivity contribution is 5.32. The summed E-state index contributed by atoms with van der Waals surface area (Å²) >= 11 is 0. The molecule has 0 nitrogen and oxygen atoms in total. The fourth-order valence-corrected chi connectivity index (χ4v) is 0.882. The smallest absolute Gasteiger partial charge is 0.207 e. The lowest BCUT2D eigenvalue weighted by Crippen LogP contribution is -2.10. The van der Waals surface area contributed by atoms with E-state index in [4.69, 9.17) is 0 Å². The minimum atomic E-state index is -4.52. The van der Waals surface area contributed by atoms with Crippen LogP contribution in [-0.2, 0) is 0 Å². The van der Waals surface area contributed by atoms with Gasteiger partial charge >= 0.3 is 6.18 Å². The Balaban J connectivity index is 5.05. The van der Waals surface area contributed by atoms with Gasteiger partial charge in [-0.05, 0) is 31.9 Å². The van der Waals surface area contributed by atoms with Crippen LogP contribution in [0.25, 0.3) is 0 Å². The first-order valence-electron chi connectivity index (χ1n) is 5.07. The van der Waals surface area contributed by atoms with Crippen LogP contribution >= 0.6 is 0 Å². The van der Waals surface area contributed by atoms with Crippen LogP contribution in [0.5, 0.6) is 0 Å². The van der Waals surface area contributed by atoms with E-state index >= 15 is 0 Å². The molecule has 0 saturated carbocycles. The molecule has 0 heterocycles. The number of rotatable bonds is 4. The predicted octanol–water partition coefficient (Wildman–Crippen LogP) is 5.09. The fraction of sp³-hybridized carbons (Fsp3) is 0.500. The quantitative estimate of drug-likeness (QED) is 0.471. The van der Waals surface area contributed by atoms with Crippen LogP contribution in [0.3, 0.4) is 0 Å². The van der Waals surface area contributed by atoms with E-state index in [-0.39, 0.29) is 5.57 Å². The molecule has 0 aliphatic heterocycles. The summed E-state index contributed by atoms with van der Waals surface area (Å²) in [5, 5.41) is 0. The summed E-state index contributed by atoms with van der Waals surface area (Å²) in [4.78, 5) is 0. The van der Waals surface area contributed by atoms with E-state index in [0.29, 0.717) is 12.5 Å². The van der Waals surface area contributed by atoms with Gasteiger partial charge in [-0.1, -0.05) is 25.5 Å². The molecule has 0 saturated heterocycles. The first-order chi connectivity index (χ1) is 7.29. The molecule has 4 heteroatoms. The Morgan fingerprint density at radius 3 is 2.12 bits per heavy atom. The fourth-order valence-electron chi connectivity index (χ4n) is 0.882. The lowest BCUT2D eigenvalue weighted by atomic mass is 10.1. The average molecular weight is 236 g/mol. The van der Waals surface area contributed by atoms with Crippen molar-refractivity contribution in [3.05, 3.63) is 35.2 Å². The summed E-state index contributed by atoms with van der Waals surface area (Å²) in [6.07, 6.45) is -0.362. The first-order valence-corrected chi connectivity index (χ1v) is 5.07. The van der Waals surface area contributed by atoms with Gasteiger partial charge in [0, 0.05) is 0 Å². The molecule has 0 aromatic rings. The summed E-state index contributed by atoms with van der Waals surface area (Å²) in [6, 6.07) is 0. The SMILES string of the molecule is CCC/C=C/C(=C\C(F)=C(C)C)C(F)(F)F. The number of halogens is 4. The van der Waals surface area contributed by atoms with Crippen LogP contribution in [0, 0.1) is 0 Å². The largest absolute Gasteiger partial charge is 0.416 e. The third-order valence-corrected chi connectivity index (χ3v) is 1.84. The Labute approximate surface area is 93.3 Å². The van der Waals surface area contributed by atoms with Gasteiger partial charge in [0.05, 0.1) is 5.57 Å². The van der Waals surface area contributed by atoms with Gasteiger partial charge in [0.25, 0.3) is 0 Å². The molecule has 0 aromatic heterocycles. The number of alkyl halides is 3. The monoisotopic (exact) mass is 236 g/mol. The van der Waals surface area contributed by atoms with E-state index in [1.54, 1.807) is 0 Å². The second-order valence-corrected chi connectivity index (χ2v) is 3.64. The highest BCUT2D eigenvalue weighted by Crippen LogP contribution is 2.28. The molecule has 0 amide bonds. The normalized spacial score (nSPS) is 13.3. The zero-order valence-corrected chi connectivity index (χ0v) is 9.66. The van der Waals surface area contributed by atoms with Gasteiger partial charge in [0.2, 0.25) is 0 Å². The second kappa shape index (κ2) is 6.51. The van der Waals surface area contributed by atoms with Crippen molar-refractivity contribution in [2.45, 2.75) is 39.8 Å². The molecule has 0 fully saturated rings. The van der Waals surface area contributed by atoms with E-state index in [1.165, 1.54) is 19.9 Å². The lowest BCUT2D eigenvalue weighted by molar-refractivity contribution is -0.0883. The van der Waals surface area contributed by atoms with Crippen LogP contribution < -0.4 is 0 Å². The maximum Gasteiger partial charge on any atom is 0.416 e. The third kappa shape index (κ3) is 5.73. The van der Waals surface area contributed by atoms with Crippen LogP contribution in [0.15, 0.2) is 35.2 Å². The predicted molar refractivity (Wildman–Crippen MR) is 57.7 cm³/mol. The van der Waals surface area contributed by atoms with Gasteiger partial charge in [-0.2, -0.15) is 13.2 Å². The Morgan fingerprint density at radius 2 is 1.75 bits per heavy atom. The molecule has 0 N–H and O–H groups in total. The number of hydrogen-bond donors (Lipinski definition) is 0. The summed E-state index contributed by atoms with van der Waals surface area (Å²) in [5.41, 5.74) is -0.731. The number of allylic oxidation sites excluding steroid dienone is 6. The summed E-state index contributed by atoms with van der Waals surface area (Å²) in [7, 11) is 0. The zero-order chi connectivity index (χ0) is 12.8. The van der Waals surface area contributed by atoms with Crippen molar-refractivity contribution in [1.82, 2.24) is 0 Å². The maximum absolute atomic E-state index is 13.1. The van der Waals surface area contributed by atoms with Crippen molar-refractivity contribution < 1.29 is 17.6 Å². The highest BCUT2D eigenvalue weighted by atomic mass is 19.4. The molecule has 0 atom stereocenters. The van der Waals surface area contributed by atoms with Crippen molar-refractivity contribution in [3.63, 3.8) is 0 Å². The van der Waals surface area contributed by atoms with E-state index < -0.39 is 17.6 Å². The van der Waals surface area contributed by atoms with Gasteiger partial charge in [0.15, 0.2) is 0 Å². The molecule has 92 valence electrons. The van der Waals surface area contributed by atoms with Crippen molar-refractivity contribution in [2.24, 2.45) is 0 Å². The summed E-state index contributed by atoms with van der Waals surface area (Å²) in [5.74, 6) is -0.839. The van der Waals surface area contributed by atoms with E-state index in [0.717, 1.165) is 12.5 Å². The second-order valence-electron chi connectivity index (χ2n) is 3.64. The minimum Gasteiger partial charge on any atom is -0.207 e. The van der Waals surface area contributed by atoms with Crippen molar-refractivity contribution in [3.8, 4) is 0 Å². The highest BCUT2D eigenvalue weighted by Gasteiger charge is 2.31. The molecule has 0 unspecified atom stereocenters. The maximum atomic E-state index is 13.1. The molecule has 16 heavy (non-hydrogen) atoms. The van der Waals surface area contributed by atoms with Gasteiger partial charge < -0.3 is 0 Å². The van der Waals surface area contributed by atoms with E-state index in [9.17, 15) is 17.6 Å². The van der Waals surface area contributed by atoms with Crippen molar-refractivity contribution in [1.29, 1.82) is 0 Å². The molecular formula is C12H16F4. The molecule has 0 spiro atoms. The molecule has 0 bridgehead atoms. The molecule has 0 aromatic carbocycles. The number of hydrogen-bond acceptors (Lipinski definition) is 0. The number of unbranched alkanes of at least 4 members (excludes halogenated alkanes) is 1. The Hall–Kier alpha value is -1.06. The zero-order valence-electron chi connectivity index (χ0n) is 9.66. The van der Waals surface area contributed by atoms with Crippen molar-refractivity contribution in [2.75, 3.05) is 0 Å². The van der Waals surface area contributed by atoms with Crippen molar-refractivity contribution >= 4 is 0 Å². The Kier molecular flexibility index (Phi) is 6.08.